The van der Waals surface area contributed by atoms with Crippen molar-refractivity contribution in [3.05, 3.63) is 33.8 Å². The third kappa shape index (κ3) is 5.63. The van der Waals surface area contributed by atoms with Gasteiger partial charge in [0.1, 0.15) is 0 Å². The molecule has 1 saturated heterocycles. The van der Waals surface area contributed by atoms with E-state index in [1.807, 2.05) is 10.8 Å². The number of hydrogen-bond acceptors (Lipinski definition) is 8. The first-order chi connectivity index (χ1) is 13.2. The van der Waals surface area contributed by atoms with Crippen molar-refractivity contribution >= 4 is 34.0 Å². The van der Waals surface area contributed by atoms with Crippen molar-refractivity contribution in [1.82, 2.24) is 14.5 Å². The minimum atomic E-state index is -0.627. The molecule has 7 nitrogen and oxygen atoms in total. The molecule has 0 radical (unpaired) electrons. The van der Waals surface area contributed by atoms with Crippen LogP contribution < -0.4 is 5.56 Å². The average Bonchev–Trinajstić information content (AvgIpc) is 3.16. The van der Waals surface area contributed by atoms with Crippen molar-refractivity contribution in [2.24, 2.45) is 0 Å². The smallest absolute Gasteiger partial charge is 0.262 e. The zero-order chi connectivity index (χ0) is 19.1. The molecule has 0 spiro atoms. The van der Waals surface area contributed by atoms with Crippen LogP contribution in [0.4, 0.5) is 0 Å². The lowest BCUT2D eigenvalue weighted by Crippen LogP contribution is -2.39. The molecule has 0 aliphatic carbocycles. The second-order valence-electron chi connectivity index (χ2n) is 6.27. The van der Waals surface area contributed by atoms with Crippen molar-refractivity contribution in [3.8, 4) is 0 Å². The number of nitrogens with zero attached hydrogens (tertiary/aromatic N) is 3. The highest BCUT2D eigenvalue weighted by atomic mass is 32.2. The standard InChI is InChI=1S/C18H25N3O4S2/c1-2-7-25-10-14(22)11-27-18-19-16-13-26-12-15(16)17(23)21(18)4-3-20-5-8-24-9-6-20/h2,12-14,22H,1,3-11H2. The molecule has 27 heavy (non-hydrogen) atoms. The lowest BCUT2D eigenvalue weighted by molar-refractivity contribution is 0.0359. The molecule has 0 amide bonds. The third-order valence-corrected chi connectivity index (χ3v) is 6.11. The quantitative estimate of drug-likeness (QED) is 0.274. The molecule has 1 aliphatic rings. The summed E-state index contributed by atoms with van der Waals surface area (Å²) < 4.78 is 12.4. The highest BCUT2D eigenvalue weighted by molar-refractivity contribution is 7.99. The van der Waals surface area contributed by atoms with E-state index in [4.69, 9.17) is 9.47 Å². The summed E-state index contributed by atoms with van der Waals surface area (Å²) in [5, 5.41) is 15.1. The number of hydrogen-bond donors (Lipinski definition) is 1. The van der Waals surface area contributed by atoms with Crippen LogP contribution in [0.3, 0.4) is 0 Å². The van der Waals surface area contributed by atoms with Crippen molar-refractivity contribution in [3.63, 3.8) is 0 Å². The SMILES string of the molecule is C=CCOCC(O)CSc1nc2cscc2c(=O)n1CCN1CCOCC1. The molecule has 2 aromatic heterocycles. The molecule has 3 rings (SSSR count). The van der Waals surface area contributed by atoms with Gasteiger partial charge in [-0.1, -0.05) is 17.8 Å². The molecule has 9 heteroatoms. The van der Waals surface area contributed by atoms with Gasteiger partial charge in [-0.2, -0.15) is 0 Å². The molecule has 0 aromatic carbocycles. The highest BCUT2D eigenvalue weighted by Gasteiger charge is 2.16. The van der Waals surface area contributed by atoms with Crippen LogP contribution in [0.5, 0.6) is 0 Å². The van der Waals surface area contributed by atoms with Crippen molar-refractivity contribution in [1.29, 1.82) is 0 Å². The fourth-order valence-corrected chi connectivity index (χ4v) is 4.48. The van der Waals surface area contributed by atoms with E-state index >= 15 is 0 Å². The molecule has 148 valence electrons. The zero-order valence-electron chi connectivity index (χ0n) is 15.2. The van der Waals surface area contributed by atoms with E-state index in [-0.39, 0.29) is 12.2 Å². The number of aromatic nitrogens is 2. The minimum Gasteiger partial charge on any atom is -0.390 e. The van der Waals surface area contributed by atoms with Gasteiger partial charge in [0.05, 0.1) is 43.4 Å². The Balaban J connectivity index is 1.71. The second-order valence-corrected chi connectivity index (χ2v) is 8.00. The van der Waals surface area contributed by atoms with Gasteiger partial charge < -0.3 is 14.6 Å². The number of fused-ring (bicyclic) bond motifs is 1. The summed E-state index contributed by atoms with van der Waals surface area (Å²) in [6.07, 6.45) is 1.02. The lowest BCUT2D eigenvalue weighted by Gasteiger charge is -2.27. The number of rotatable bonds is 10. The van der Waals surface area contributed by atoms with Gasteiger partial charge in [0.25, 0.3) is 5.56 Å². The Morgan fingerprint density at radius 2 is 2.22 bits per heavy atom. The monoisotopic (exact) mass is 411 g/mol. The average molecular weight is 412 g/mol. The fraction of sp³-hybridized carbons (Fsp3) is 0.556. The van der Waals surface area contributed by atoms with Gasteiger partial charge in [-0.05, 0) is 0 Å². The Bertz CT molecular complexity index is 801. The van der Waals surface area contributed by atoms with E-state index in [2.05, 4.69) is 16.5 Å². The summed E-state index contributed by atoms with van der Waals surface area (Å²) in [4.78, 5) is 19.9. The number of aliphatic hydroxyl groups is 1. The van der Waals surface area contributed by atoms with Crippen LogP contribution >= 0.6 is 23.1 Å². The normalized spacial score (nSPS) is 16.6. The summed E-state index contributed by atoms with van der Waals surface area (Å²) in [5.41, 5.74) is 0.696. The van der Waals surface area contributed by atoms with Gasteiger partial charge in [-0.15, -0.1) is 17.9 Å². The minimum absolute atomic E-state index is 0.0191. The van der Waals surface area contributed by atoms with E-state index in [1.54, 1.807) is 10.6 Å². The third-order valence-electron chi connectivity index (χ3n) is 4.26. The molecular formula is C18H25N3O4S2. The summed E-state index contributed by atoms with van der Waals surface area (Å²) >= 11 is 2.87. The number of thiophene rings is 1. The second kappa shape index (κ2) is 10.4. The van der Waals surface area contributed by atoms with Crippen LogP contribution in [0, 0.1) is 0 Å². The van der Waals surface area contributed by atoms with Crippen LogP contribution in [0.25, 0.3) is 10.9 Å². The number of morpholine rings is 1. The molecule has 0 saturated carbocycles. The van der Waals surface area contributed by atoms with Crippen LogP contribution in [0.15, 0.2) is 33.4 Å². The summed E-state index contributed by atoms with van der Waals surface area (Å²) in [7, 11) is 0. The molecule has 3 heterocycles. The summed E-state index contributed by atoms with van der Waals surface area (Å²) in [5.74, 6) is 0.413. The first kappa shape index (κ1) is 20.5. The summed E-state index contributed by atoms with van der Waals surface area (Å²) in [6, 6.07) is 0. The highest BCUT2D eigenvalue weighted by Crippen LogP contribution is 2.21. The maximum absolute atomic E-state index is 12.9. The molecule has 1 unspecified atom stereocenters. The van der Waals surface area contributed by atoms with Crippen LogP contribution in [0.1, 0.15) is 0 Å². The Morgan fingerprint density at radius 1 is 1.41 bits per heavy atom. The van der Waals surface area contributed by atoms with E-state index in [1.165, 1.54) is 23.1 Å². The Labute approximate surface area is 166 Å². The van der Waals surface area contributed by atoms with E-state index < -0.39 is 6.10 Å². The first-order valence-electron chi connectivity index (χ1n) is 8.95. The Kier molecular flexibility index (Phi) is 7.86. The van der Waals surface area contributed by atoms with Gasteiger partial charge in [-0.3, -0.25) is 14.3 Å². The van der Waals surface area contributed by atoms with Crippen LogP contribution in [-0.4, -0.2) is 77.5 Å². The van der Waals surface area contributed by atoms with Gasteiger partial charge in [0.2, 0.25) is 0 Å². The van der Waals surface area contributed by atoms with Gasteiger partial charge in [-0.25, -0.2) is 4.98 Å². The van der Waals surface area contributed by atoms with Gasteiger partial charge in [0, 0.05) is 42.7 Å². The van der Waals surface area contributed by atoms with Crippen molar-refractivity contribution < 1.29 is 14.6 Å². The van der Waals surface area contributed by atoms with E-state index in [9.17, 15) is 9.90 Å². The largest absolute Gasteiger partial charge is 0.390 e. The van der Waals surface area contributed by atoms with E-state index in [0.717, 1.165) is 32.8 Å². The molecule has 1 fully saturated rings. The number of ether oxygens (including phenoxy) is 2. The van der Waals surface area contributed by atoms with Crippen LogP contribution in [0.2, 0.25) is 0 Å². The number of aliphatic hydroxyl groups excluding tert-OH is 1. The van der Waals surface area contributed by atoms with Crippen molar-refractivity contribution in [2.45, 2.75) is 17.8 Å². The van der Waals surface area contributed by atoms with Crippen LogP contribution in [-0.2, 0) is 16.0 Å². The molecule has 1 N–H and O–H groups in total. The van der Waals surface area contributed by atoms with E-state index in [0.29, 0.717) is 35.0 Å². The first-order valence-corrected chi connectivity index (χ1v) is 10.9. The molecule has 2 aromatic rings. The fourth-order valence-electron chi connectivity index (χ4n) is 2.81. The lowest BCUT2D eigenvalue weighted by atomic mass is 10.3. The molecule has 1 aliphatic heterocycles. The Hall–Kier alpha value is -1.23. The topological polar surface area (TPSA) is 76.8 Å². The Morgan fingerprint density at radius 3 is 3.00 bits per heavy atom. The molecular weight excluding hydrogens is 386 g/mol. The van der Waals surface area contributed by atoms with Crippen molar-refractivity contribution in [2.75, 3.05) is 51.8 Å². The maximum atomic E-state index is 12.9. The predicted molar refractivity (Wildman–Crippen MR) is 109 cm³/mol. The summed E-state index contributed by atoms with van der Waals surface area (Å²) in [6.45, 7) is 8.80. The zero-order valence-corrected chi connectivity index (χ0v) is 16.8. The van der Waals surface area contributed by atoms with Gasteiger partial charge >= 0.3 is 0 Å². The number of thioether (sulfide) groups is 1. The molecule has 0 bridgehead atoms. The molecule has 1 atom stereocenters. The maximum Gasteiger partial charge on any atom is 0.262 e. The van der Waals surface area contributed by atoms with Gasteiger partial charge in [0.15, 0.2) is 5.16 Å². The predicted octanol–water partition coefficient (Wildman–Crippen LogP) is 1.45.